The first-order chi connectivity index (χ1) is 12.1. The number of ether oxygens (including phenoxy) is 1. The van der Waals surface area contributed by atoms with Crippen LogP contribution in [0.25, 0.3) is 0 Å². The number of nitrogens with zero attached hydrogens (tertiary/aromatic N) is 2. The molecule has 3 rings (SSSR count). The van der Waals surface area contributed by atoms with Crippen LogP contribution in [0.15, 0.2) is 42.7 Å². The number of likely N-dealkylation sites (N-methyl/N-ethyl adjacent to an activating group) is 1. The van der Waals surface area contributed by atoms with Crippen molar-refractivity contribution in [1.82, 2.24) is 20.4 Å². The van der Waals surface area contributed by atoms with Crippen LogP contribution in [0.5, 0.6) is 0 Å². The van der Waals surface area contributed by atoms with E-state index in [-0.39, 0.29) is 23.7 Å². The molecule has 0 bridgehead atoms. The van der Waals surface area contributed by atoms with Crippen molar-refractivity contribution in [3.05, 3.63) is 53.9 Å². The second-order valence-electron chi connectivity index (χ2n) is 6.65. The van der Waals surface area contributed by atoms with Gasteiger partial charge in [-0.1, -0.05) is 30.3 Å². The Bertz CT molecular complexity index is 699. The molecule has 26 heavy (non-hydrogen) atoms. The van der Waals surface area contributed by atoms with Crippen LogP contribution >= 0.6 is 12.4 Å². The fourth-order valence-corrected chi connectivity index (χ4v) is 3.52. The molecule has 1 unspecified atom stereocenters. The Morgan fingerprint density at radius 3 is 2.58 bits per heavy atom. The summed E-state index contributed by atoms with van der Waals surface area (Å²) in [5.74, 6) is -0.0303. The lowest BCUT2D eigenvalue weighted by Crippen LogP contribution is -2.47. The number of hydrogen-bond acceptors (Lipinski definition) is 4. The highest BCUT2D eigenvalue weighted by molar-refractivity contribution is 5.85. The summed E-state index contributed by atoms with van der Waals surface area (Å²) in [6.07, 6.45) is 5.41. The molecule has 2 aromatic rings. The van der Waals surface area contributed by atoms with Crippen molar-refractivity contribution in [1.29, 1.82) is 0 Å². The number of carbonyl (C=O) groups excluding carboxylic acids is 1. The molecule has 1 fully saturated rings. The molecule has 2 N–H and O–H groups in total. The SMILES string of the molecule is CNC(C(=O)NCC1(c2ccccc2)CCOCC1)c1cnn(C)c1.Cl. The Morgan fingerprint density at radius 1 is 1.31 bits per heavy atom. The maximum atomic E-state index is 12.8. The predicted molar refractivity (Wildman–Crippen MR) is 103 cm³/mol. The zero-order valence-corrected chi connectivity index (χ0v) is 16.1. The Balaban J connectivity index is 0.00000243. The van der Waals surface area contributed by atoms with Crippen LogP contribution in [0.4, 0.5) is 0 Å². The molecule has 1 saturated heterocycles. The van der Waals surface area contributed by atoms with Gasteiger partial charge in [0, 0.05) is 44.0 Å². The van der Waals surface area contributed by atoms with Gasteiger partial charge in [0.05, 0.1) is 6.20 Å². The molecule has 2 heterocycles. The summed E-state index contributed by atoms with van der Waals surface area (Å²) >= 11 is 0. The van der Waals surface area contributed by atoms with Crippen LogP contribution in [0, 0.1) is 0 Å². The molecular weight excluding hydrogens is 352 g/mol. The number of hydrogen-bond donors (Lipinski definition) is 2. The first kappa shape index (κ1) is 20.4. The molecule has 0 saturated carbocycles. The van der Waals surface area contributed by atoms with Crippen molar-refractivity contribution >= 4 is 18.3 Å². The van der Waals surface area contributed by atoms with Crippen molar-refractivity contribution in [2.75, 3.05) is 26.8 Å². The summed E-state index contributed by atoms with van der Waals surface area (Å²) in [5.41, 5.74) is 2.06. The van der Waals surface area contributed by atoms with Gasteiger partial charge < -0.3 is 15.4 Å². The molecule has 6 nitrogen and oxygen atoms in total. The highest BCUT2D eigenvalue weighted by Gasteiger charge is 2.35. The van der Waals surface area contributed by atoms with Gasteiger partial charge in [-0.15, -0.1) is 12.4 Å². The zero-order valence-electron chi connectivity index (χ0n) is 15.3. The highest BCUT2D eigenvalue weighted by Crippen LogP contribution is 2.34. The molecule has 0 spiro atoms. The van der Waals surface area contributed by atoms with E-state index in [2.05, 4.69) is 40.0 Å². The van der Waals surface area contributed by atoms with Gasteiger partial charge >= 0.3 is 0 Å². The number of carbonyl (C=O) groups is 1. The summed E-state index contributed by atoms with van der Waals surface area (Å²) in [5, 5.41) is 10.4. The molecule has 1 aromatic heterocycles. The largest absolute Gasteiger partial charge is 0.381 e. The summed E-state index contributed by atoms with van der Waals surface area (Å²) in [6, 6.07) is 10.0. The summed E-state index contributed by atoms with van der Waals surface area (Å²) in [4.78, 5) is 12.8. The lowest BCUT2D eigenvalue weighted by molar-refractivity contribution is -0.123. The number of aromatic nitrogens is 2. The molecule has 142 valence electrons. The lowest BCUT2D eigenvalue weighted by Gasteiger charge is -2.38. The van der Waals surface area contributed by atoms with E-state index >= 15 is 0 Å². The van der Waals surface area contributed by atoms with E-state index in [1.807, 2.05) is 19.3 Å². The lowest BCUT2D eigenvalue weighted by atomic mass is 9.74. The minimum Gasteiger partial charge on any atom is -0.381 e. The van der Waals surface area contributed by atoms with Crippen LogP contribution in [-0.2, 0) is 22.0 Å². The molecule has 1 amide bonds. The fourth-order valence-electron chi connectivity index (χ4n) is 3.52. The van der Waals surface area contributed by atoms with Gasteiger partial charge in [-0.3, -0.25) is 9.48 Å². The van der Waals surface area contributed by atoms with Crippen LogP contribution < -0.4 is 10.6 Å². The fraction of sp³-hybridized carbons (Fsp3) is 0.474. The van der Waals surface area contributed by atoms with E-state index < -0.39 is 6.04 Å². The predicted octanol–water partition coefficient (Wildman–Crippen LogP) is 1.97. The van der Waals surface area contributed by atoms with Gasteiger partial charge in [0.1, 0.15) is 6.04 Å². The van der Waals surface area contributed by atoms with Gasteiger partial charge in [-0.25, -0.2) is 0 Å². The molecule has 1 atom stereocenters. The second-order valence-corrected chi connectivity index (χ2v) is 6.65. The number of aryl methyl sites for hydroxylation is 1. The Hall–Kier alpha value is -1.89. The average Bonchev–Trinajstić information content (AvgIpc) is 3.08. The standard InChI is InChI=1S/C19H26N4O2.ClH/c1-20-17(15-12-22-23(2)13-15)18(24)21-14-19(8-10-25-11-9-19)16-6-4-3-5-7-16;/h3-7,12-13,17,20H,8-11,14H2,1-2H3,(H,21,24);1H. The quantitative estimate of drug-likeness (QED) is 0.806. The van der Waals surface area contributed by atoms with Crippen molar-refractivity contribution in [2.45, 2.75) is 24.3 Å². The zero-order chi connectivity index (χ0) is 17.7. The minimum absolute atomic E-state index is 0. The first-order valence-corrected chi connectivity index (χ1v) is 8.71. The third-order valence-corrected chi connectivity index (χ3v) is 5.05. The Kier molecular flexibility index (Phi) is 7.20. The summed E-state index contributed by atoms with van der Waals surface area (Å²) in [6.45, 7) is 2.06. The normalized spacial score (nSPS) is 17.2. The molecular formula is C19H27ClN4O2. The number of nitrogens with one attached hydrogen (secondary N) is 2. The second kappa shape index (κ2) is 9.16. The third kappa shape index (κ3) is 4.44. The van der Waals surface area contributed by atoms with Gasteiger partial charge in [-0.2, -0.15) is 5.10 Å². The van der Waals surface area contributed by atoms with Crippen LogP contribution in [0.2, 0.25) is 0 Å². The van der Waals surface area contributed by atoms with E-state index in [1.165, 1.54) is 5.56 Å². The molecule has 7 heteroatoms. The van der Waals surface area contributed by atoms with Crippen molar-refractivity contribution in [2.24, 2.45) is 7.05 Å². The topological polar surface area (TPSA) is 68.2 Å². The number of amides is 1. The van der Waals surface area contributed by atoms with Gasteiger partial charge in [0.25, 0.3) is 0 Å². The molecule has 0 radical (unpaired) electrons. The molecule has 0 aliphatic carbocycles. The van der Waals surface area contributed by atoms with E-state index in [1.54, 1.807) is 17.9 Å². The van der Waals surface area contributed by atoms with E-state index in [0.29, 0.717) is 6.54 Å². The van der Waals surface area contributed by atoms with Gasteiger partial charge in [0.2, 0.25) is 5.91 Å². The smallest absolute Gasteiger partial charge is 0.241 e. The highest BCUT2D eigenvalue weighted by atomic mass is 35.5. The molecule has 1 aromatic carbocycles. The number of halogens is 1. The van der Waals surface area contributed by atoms with Crippen molar-refractivity contribution < 1.29 is 9.53 Å². The van der Waals surface area contributed by atoms with Crippen LogP contribution in [-0.4, -0.2) is 42.5 Å². The van der Waals surface area contributed by atoms with E-state index in [0.717, 1.165) is 31.6 Å². The summed E-state index contributed by atoms with van der Waals surface area (Å²) in [7, 11) is 3.64. The van der Waals surface area contributed by atoms with Crippen LogP contribution in [0.1, 0.15) is 30.0 Å². The van der Waals surface area contributed by atoms with E-state index in [4.69, 9.17) is 4.74 Å². The summed E-state index contributed by atoms with van der Waals surface area (Å²) < 4.78 is 7.26. The Morgan fingerprint density at radius 2 is 2.00 bits per heavy atom. The van der Waals surface area contributed by atoms with Crippen LogP contribution in [0.3, 0.4) is 0 Å². The maximum Gasteiger partial charge on any atom is 0.241 e. The molecule has 1 aliphatic heterocycles. The minimum atomic E-state index is -0.402. The number of benzene rings is 1. The first-order valence-electron chi connectivity index (χ1n) is 8.71. The van der Waals surface area contributed by atoms with E-state index in [9.17, 15) is 4.79 Å². The third-order valence-electron chi connectivity index (χ3n) is 5.05. The monoisotopic (exact) mass is 378 g/mol. The number of rotatable bonds is 6. The average molecular weight is 379 g/mol. The van der Waals surface area contributed by atoms with Crippen molar-refractivity contribution in [3.8, 4) is 0 Å². The Labute approximate surface area is 160 Å². The maximum absolute atomic E-state index is 12.8. The van der Waals surface area contributed by atoms with Crippen molar-refractivity contribution in [3.63, 3.8) is 0 Å². The van der Waals surface area contributed by atoms with Gasteiger partial charge in [-0.05, 0) is 25.5 Å². The van der Waals surface area contributed by atoms with Gasteiger partial charge in [0.15, 0.2) is 0 Å². The molecule has 1 aliphatic rings.